The van der Waals surface area contributed by atoms with Crippen LogP contribution in [0.1, 0.15) is 26.2 Å². The minimum Gasteiger partial charge on any atom is -0.465 e. The number of rotatable bonds is 6. The maximum atomic E-state index is 12.1. The van der Waals surface area contributed by atoms with Crippen LogP contribution in [0.4, 0.5) is 6.01 Å². The van der Waals surface area contributed by atoms with Gasteiger partial charge in [-0.15, -0.1) is 0 Å². The lowest BCUT2D eigenvalue weighted by Crippen LogP contribution is -2.39. The molecule has 1 atom stereocenters. The molecule has 1 saturated heterocycles. The number of nitrogens with zero attached hydrogens (tertiary/aromatic N) is 2. The van der Waals surface area contributed by atoms with Crippen molar-refractivity contribution in [3.63, 3.8) is 0 Å². The first kappa shape index (κ1) is 18.5. The lowest BCUT2D eigenvalue weighted by atomic mass is 9.95. The lowest BCUT2D eigenvalue weighted by Gasteiger charge is -2.31. The number of halogens is 1. The number of anilines is 1. The Kier molecular flexibility index (Phi) is 5.98. The quantitative estimate of drug-likeness (QED) is 0.777. The summed E-state index contributed by atoms with van der Waals surface area (Å²) in [7, 11) is 0. The molecule has 1 fully saturated rings. The van der Waals surface area contributed by atoms with Gasteiger partial charge in [-0.05, 0) is 37.8 Å². The van der Waals surface area contributed by atoms with Gasteiger partial charge in [-0.25, -0.2) is 0 Å². The molecule has 7 nitrogen and oxygen atoms in total. The van der Waals surface area contributed by atoms with Crippen LogP contribution in [-0.4, -0.2) is 43.1 Å². The Hall–Kier alpha value is -2.28. The number of benzene rings is 1. The summed E-state index contributed by atoms with van der Waals surface area (Å²) >= 11 is 5.99. The van der Waals surface area contributed by atoms with Crippen molar-refractivity contribution >= 4 is 40.6 Å². The van der Waals surface area contributed by atoms with E-state index in [9.17, 15) is 9.59 Å². The summed E-state index contributed by atoms with van der Waals surface area (Å²) in [6, 6.07) is 5.91. The highest BCUT2D eigenvalue weighted by Gasteiger charge is 2.25. The monoisotopic (exact) mass is 379 g/mol. The number of ether oxygens (including phenoxy) is 1. The van der Waals surface area contributed by atoms with Gasteiger partial charge in [0.15, 0.2) is 5.58 Å². The van der Waals surface area contributed by atoms with E-state index in [2.05, 4.69) is 15.2 Å². The van der Waals surface area contributed by atoms with E-state index in [1.54, 1.807) is 19.1 Å². The predicted octanol–water partition coefficient (Wildman–Crippen LogP) is 2.77. The summed E-state index contributed by atoms with van der Waals surface area (Å²) in [4.78, 5) is 29.9. The Morgan fingerprint density at radius 3 is 3.12 bits per heavy atom. The van der Waals surface area contributed by atoms with Gasteiger partial charge in [0, 0.05) is 30.6 Å². The highest BCUT2D eigenvalue weighted by Crippen LogP contribution is 2.28. The highest BCUT2D eigenvalue weighted by atomic mass is 35.5. The number of piperidine rings is 1. The van der Waals surface area contributed by atoms with Crippen molar-refractivity contribution in [3.8, 4) is 0 Å². The fourth-order valence-electron chi connectivity index (χ4n) is 3.14. The Labute approximate surface area is 156 Å². The molecule has 1 unspecified atom stereocenters. The van der Waals surface area contributed by atoms with Crippen LogP contribution in [0.25, 0.3) is 11.1 Å². The van der Waals surface area contributed by atoms with Gasteiger partial charge in [-0.3, -0.25) is 9.59 Å². The molecule has 2 heterocycles. The normalized spacial score (nSPS) is 17.3. The number of hydrogen-bond donors (Lipinski definition) is 1. The average Bonchev–Trinajstić information content (AvgIpc) is 3.04. The number of carbonyl (C=O) groups is 2. The van der Waals surface area contributed by atoms with Crippen molar-refractivity contribution in [1.82, 2.24) is 10.3 Å². The maximum Gasteiger partial charge on any atom is 0.325 e. The smallest absolute Gasteiger partial charge is 0.325 e. The van der Waals surface area contributed by atoms with Crippen molar-refractivity contribution in [1.29, 1.82) is 0 Å². The van der Waals surface area contributed by atoms with Crippen molar-refractivity contribution in [3.05, 3.63) is 23.2 Å². The van der Waals surface area contributed by atoms with Crippen LogP contribution in [0.2, 0.25) is 5.02 Å². The Bertz CT molecular complexity index is 792. The lowest BCUT2D eigenvalue weighted by molar-refractivity contribution is -0.143. The molecule has 1 amide bonds. The van der Waals surface area contributed by atoms with Crippen molar-refractivity contribution in [2.45, 2.75) is 26.2 Å². The molecule has 1 aliphatic heterocycles. The van der Waals surface area contributed by atoms with Crippen LogP contribution in [0, 0.1) is 5.92 Å². The van der Waals surface area contributed by atoms with Gasteiger partial charge < -0.3 is 19.4 Å². The molecule has 0 spiro atoms. The third-order valence-corrected chi connectivity index (χ3v) is 4.57. The summed E-state index contributed by atoms with van der Waals surface area (Å²) in [5, 5.41) is 3.22. The van der Waals surface area contributed by atoms with E-state index in [0.29, 0.717) is 36.2 Å². The van der Waals surface area contributed by atoms with E-state index in [1.807, 2.05) is 6.07 Å². The largest absolute Gasteiger partial charge is 0.465 e. The number of amides is 1. The zero-order valence-electron chi connectivity index (χ0n) is 14.7. The summed E-state index contributed by atoms with van der Waals surface area (Å²) in [5.74, 6) is -0.380. The first-order chi connectivity index (χ1) is 12.5. The number of fused-ring (bicyclic) bond motifs is 1. The molecule has 1 aromatic carbocycles. The molecule has 2 aromatic rings. The molecule has 0 radical (unpaired) electrons. The van der Waals surface area contributed by atoms with Gasteiger partial charge in [-0.2, -0.15) is 4.98 Å². The summed E-state index contributed by atoms with van der Waals surface area (Å²) < 4.78 is 10.6. The van der Waals surface area contributed by atoms with Crippen LogP contribution < -0.4 is 10.2 Å². The van der Waals surface area contributed by atoms with Crippen molar-refractivity contribution < 1.29 is 18.7 Å². The van der Waals surface area contributed by atoms with E-state index in [0.717, 1.165) is 24.9 Å². The fraction of sp³-hybridized carbons (Fsp3) is 0.500. The molecule has 26 heavy (non-hydrogen) atoms. The fourth-order valence-corrected chi connectivity index (χ4v) is 3.31. The molecule has 0 saturated carbocycles. The summed E-state index contributed by atoms with van der Waals surface area (Å²) in [6.45, 7) is 3.47. The summed E-state index contributed by atoms with van der Waals surface area (Å²) in [6.07, 6.45) is 2.27. The molecule has 1 aliphatic rings. The Balaban J connectivity index is 1.56. The van der Waals surface area contributed by atoms with Gasteiger partial charge in [-0.1, -0.05) is 11.6 Å². The third-order valence-electron chi connectivity index (χ3n) is 4.34. The molecule has 8 heteroatoms. The minimum absolute atomic E-state index is 0.0883. The Morgan fingerprint density at radius 2 is 2.31 bits per heavy atom. The second-order valence-electron chi connectivity index (χ2n) is 6.35. The van der Waals surface area contributed by atoms with E-state index in [4.69, 9.17) is 20.8 Å². The first-order valence-corrected chi connectivity index (χ1v) is 9.16. The summed E-state index contributed by atoms with van der Waals surface area (Å²) in [5.41, 5.74) is 1.42. The highest BCUT2D eigenvalue weighted by molar-refractivity contribution is 6.31. The van der Waals surface area contributed by atoms with E-state index in [1.165, 1.54) is 0 Å². The molecular formula is C18H22ClN3O4. The standard InChI is InChI=1S/C18H22ClN3O4/c1-2-25-17(24)10-20-16(23)8-12-4-3-7-22(11-12)18-21-14-6-5-13(19)9-15(14)26-18/h5-6,9,12H,2-4,7-8,10-11H2,1H3,(H,20,23). The number of nitrogens with one attached hydrogen (secondary N) is 1. The number of aromatic nitrogens is 1. The van der Waals surface area contributed by atoms with Crippen LogP contribution in [0.3, 0.4) is 0 Å². The second-order valence-corrected chi connectivity index (χ2v) is 6.79. The average molecular weight is 380 g/mol. The van der Waals surface area contributed by atoms with Gasteiger partial charge in [0.1, 0.15) is 12.1 Å². The molecule has 1 N–H and O–H groups in total. The second kappa shape index (κ2) is 8.40. The Morgan fingerprint density at radius 1 is 1.46 bits per heavy atom. The van der Waals surface area contributed by atoms with Crippen LogP contribution in [0.15, 0.2) is 22.6 Å². The van der Waals surface area contributed by atoms with E-state index < -0.39 is 5.97 Å². The molecular weight excluding hydrogens is 358 g/mol. The zero-order valence-corrected chi connectivity index (χ0v) is 15.4. The molecule has 140 valence electrons. The van der Waals surface area contributed by atoms with Crippen LogP contribution in [0.5, 0.6) is 0 Å². The number of carbonyl (C=O) groups excluding carboxylic acids is 2. The SMILES string of the molecule is CCOC(=O)CNC(=O)CC1CCCN(c2nc3ccc(Cl)cc3o2)C1. The first-order valence-electron chi connectivity index (χ1n) is 8.78. The third kappa shape index (κ3) is 4.66. The molecule has 1 aromatic heterocycles. The number of hydrogen-bond acceptors (Lipinski definition) is 6. The van der Waals surface area contributed by atoms with Gasteiger partial charge in [0.2, 0.25) is 5.91 Å². The van der Waals surface area contributed by atoms with Crippen LogP contribution >= 0.6 is 11.6 Å². The van der Waals surface area contributed by atoms with Crippen molar-refractivity contribution in [2.24, 2.45) is 5.92 Å². The number of oxazole rings is 1. The van der Waals surface area contributed by atoms with Gasteiger partial charge in [0.25, 0.3) is 6.01 Å². The maximum absolute atomic E-state index is 12.1. The molecule has 0 bridgehead atoms. The van der Waals surface area contributed by atoms with Crippen molar-refractivity contribution in [2.75, 3.05) is 31.1 Å². The van der Waals surface area contributed by atoms with Gasteiger partial charge >= 0.3 is 5.97 Å². The predicted molar refractivity (Wildman–Crippen MR) is 98.2 cm³/mol. The number of esters is 1. The topological polar surface area (TPSA) is 84.7 Å². The molecule has 3 rings (SSSR count). The molecule has 0 aliphatic carbocycles. The van der Waals surface area contributed by atoms with E-state index >= 15 is 0 Å². The van der Waals surface area contributed by atoms with E-state index in [-0.39, 0.29) is 18.4 Å². The van der Waals surface area contributed by atoms with Crippen LogP contribution in [-0.2, 0) is 14.3 Å². The minimum atomic E-state index is -0.420. The van der Waals surface area contributed by atoms with Gasteiger partial charge in [0.05, 0.1) is 6.61 Å². The zero-order chi connectivity index (χ0) is 18.5.